The lowest BCUT2D eigenvalue weighted by Gasteiger charge is -2.26. The predicted octanol–water partition coefficient (Wildman–Crippen LogP) is 3.25. The first-order valence-corrected chi connectivity index (χ1v) is 7.58. The fourth-order valence-corrected chi connectivity index (χ4v) is 2.49. The molecule has 0 bridgehead atoms. The van der Waals surface area contributed by atoms with E-state index in [9.17, 15) is 0 Å². The number of benzene rings is 1. The van der Waals surface area contributed by atoms with Gasteiger partial charge in [0.15, 0.2) is 0 Å². The van der Waals surface area contributed by atoms with E-state index < -0.39 is 0 Å². The van der Waals surface area contributed by atoms with Crippen molar-refractivity contribution in [2.45, 2.75) is 32.5 Å². The van der Waals surface area contributed by atoms with Crippen LogP contribution in [0, 0.1) is 0 Å². The molecule has 1 unspecified atom stereocenters. The summed E-state index contributed by atoms with van der Waals surface area (Å²) in [6.45, 7) is 5.62. The average Bonchev–Trinajstić information content (AvgIpc) is 2.92. The molecule has 2 N–H and O–H groups in total. The van der Waals surface area contributed by atoms with Crippen LogP contribution < -0.4 is 5.73 Å². The zero-order chi connectivity index (χ0) is 15.4. The van der Waals surface area contributed by atoms with Gasteiger partial charge in [-0.15, -0.1) is 0 Å². The molecule has 0 fully saturated rings. The SMILES string of the molecule is CC(C)n1cc(C(CN)N(C)Cc2ccc(Cl)cc2)cn1. The standard InChI is InChI=1S/C16H23ClN4/c1-12(2)21-11-14(9-19-21)16(8-18)20(3)10-13-4-6-15(17)7-5-13/h4-7,9,11-12,16H,8,10,18H2,1-3H3. The Hall–Kier alpha value is -1.36. The predicted molar refractivity (Wildman–Crippen MR) is 87.3 cm³/mol. The summed E-state index contributed by atoms with van der Waals surface area (Å²) < 4.78 is 1.97. The minimum Gasteiger partial charge on any atom is -0.329 e. The Morgan fingerprint density at radius 1 is 1.29 bits per heavy atom. The van der Waals surface area contributed by atoms with Gasteiger partial charge in [-0.2, -0.15) is 5.10 Å². The number of nitrogens with two attached hydrogens (primary N) is 1. The Morgan fingerprint density at radius 2 is 1.95 bits per heavy atom. The van der Waals surface area contributed by atoms with Gasteiger partial charge in [-0.3, -0.25) is 9.58 Å². The molecule has 2 rings (SSSR count). The molecule has 0 spiro atoms. The van der Waals surface area contributed by atoms with Crippen molar-refractivity contribution in [2.75, 3.05) is 13.6 Å². The second kappa shape index (κ2) is 7.07. The molecule has 114 valence electrons. The summed E-state index contributed by atoms with van der Waals surface area (Å²) in [6, 6.07) is 8.44. The molecule has 0 saturated carbocycles. The molecular formula is C16H23ClN4. The van der Waals surface area contributed by atoms with Crippen LogP contribution in [0.2, 0.25) is 5.02 Å². The maximum Gasteiger partial charge on any atom is 0.0538 e. The molecule has 1 heterocycles. The van der Waals surface area contributed by atoms with Gasteiger partial charge in [0.05, 0.1) is 12.2 Å². The van der Waals surface area contributed by atoms with Gasteiger partial charge in [-0.05, 0) is 38.6 Å². The van der Waals surface area contributed by atoms with Gasteiger partial charge in [0.2, 0.25) is 0 Å². The Kier molecular flexibility index (Phi) is 5.39. The Balaban J connectivity index is 2.10. The van der Waals surface area contributed by atoms with E-state index in [1.807, 2.05) is 35.1 Å². The summed E-state index contributed by atoms with van der Waals surface area (Å²) in [5.41, 5.74) is 8.34. The lowest BCUT2D eigenvalue weighted by atomic mass is 10.1. The fraction of sp³-hybridized carbons (Fsp3) is 0.438. The molecule has 0 radical (unpaired) electrons. The first kappa shape index (κ1) is 16.0. The second-order valence-electron chi connectivity index (χ2n) is 5.64. The van der Waals surface area contributed by atoms with Crippen LogP contribution in [0.1, 0.15) is 37.1 Å². The minimum absolute atomic E-state index is 0.160. The van der Waals surface area contributed by atoms with Crippen molar-refractivity contribution in [3.05, 3.63) is 52.8 Å². The van der Waals surface area contributed by atoms with Crippen molar-refractivity contribution in [1.82, 2.24) is 14.7 Å². The van der Waals surface area contributed by atoms with E-state index in [0.29, 0.717) is 12.6 Å². The molecule has 0 aliphatic rings. The monoisotopic (exact) mass is 306 g/mol. The van der Waals surface area contributed by atoms with E-state index in [4.69, 9.17) is 17.3 Å². The van der Waals surface area contributed by atoms with Gasteiger partial charge >= 0.3 is 0 Å². The van der Waals surface area contributed by atoms with Crippen molar-refractivity contribution in [3.63, 3.8) is 0 Å². The van der Waals surface area contributed by atoms with E-state index >= 15 is 0 Å². The van der Waals surface area contributed by atoms with E-state index in [2.05, 4.69) is 37.1 Å². The number of aromatic nitrogens is 2. The molecule has 0 saturated heterocycles. The van der Waals surface area contributed by atoms with Crippen LogP contribution in [0.3, 0.4) is 0 Å². The smallest absolute Gasteiger partial charge is 0.0538 e. The molecule has 1 atom stereocenters. The molecule has 4 nitrogen and oxygen atoms in total. The van der Waals surface area contributed by atoms with Crippen LogP contribution in [-0.4, -0.2) is 28.3 Å². The van der Waals surface area contributed by atoms with E-state index in [1.54, 1.807) is 0 Å². The molecule has 0 aliphatic carbocycles. The maximum atomic E-state index is 5.97. The van der Waals surface area contributed by atoms with Crippen LogP contribution >= 0.6 is 11.6 Å². The number of hydrogen-bond acceptors (Lipinski definition) is 3. The van der Waals surface area contributed by atoms with Crippen LogP contribution in [0.4, 0.5) is 0 Å². The van der Waals surface area contributed by atoms with Crippen molar-refractivity contribution >= 4 is 11.6 Å². The first-order valence-electron chi connectivity index (χ1n) is 7.20. The van der Waals surface area contributed by atoms with Crippen LogP contribution in [-0.2, 0) is 6.54 Å². The highest BCUT2D eigenvalue weighted by atomic mass is 35.5. The van der Waals surface area contributed by atoms with Crippen LogP contribution in [0.15, 0.2) is 36.7 Å². The summed E-state index contributed by atoms with van der Waals surface area (Å²) in [7, 11) is 2.08. The quantitative estimate of drug-likeness (QED) is 0.891. The summed E-state index contributed by atoms with van der Waals surface area (Å²) in [6.07, 6.45) is 4.00. The third-order valence-corrected chi connectivity index (χ3v) is 3.89. The van der Waals surface area contributed by atoms with Gasteiger partial charge in [0.1, 0.15) is 0 Å². The molecule has 21 heavy (non-hydrogen) atoms. The van der Waals surface area contributed by atoms with Crippen molar-refractivity contribution in [2.24, 2.45) is 5.73 Å². The molecule has 0 aliphatic heterocycles. The number of nitrogens with zero attached hydrogens (tertiary/aromatic N) is 3. The number of rotatable bonds is 6. The zero-order valence-electron chi connectivity index (χ0n) is 12.8. The molecule has 1 aromatic heterocycles. The summed E-state index contributed by atoms with van der Waals surface area (Å²) >= 11 is 5.92. The largest absolute Gasteiger partial charge is 0.329 e. The average molecular weight is 307 g/mol. The topological polar surface area (TPSA) is 47.1 Å². The van der Waals surface area contributed by atoms with Gasteiger partial charge in [-0.25, -0.2) is 0 Å². The number of halogens is 1. The zero-order valence-corrected chi connectivity index (χ0v) is 13.6. The highest BCUT2D eigenvalue weighted by Gasteiger charge is 2.18. The third-order valence-electron chi connectivity index (χ3n) is 3.64. The summed E-state index contributed by atoms with van der Waals surface area (Å²) in [5.74, 6) is 0. The Morgan fingerprint density at radius 3 is 2.48 bits per heavy atom. The molecule has 2 aromatic rings. The van der Waals surface area contributed by atoms with Gasteiger partial charge in [0.25, 0.3) is 0 Å². The van der Waals surface area contributed by atoms with E-state index in [-0.39, 0.29) is 6.04 Å². The first-order chi connectivity index (χ1) is 10.0. The molecule has 0 amide bonds. The van der Waals surface area contributed by atoms with Crippen molar-refractivity contribution < 1.29 is 0 Å². The molecule has 5 heteroatoms. The second-order valence-corrected chi connectivity index (χ2v) is 6.08. The maximum absolute atomic E-state index is 5.97. The number of likely N-dealkylation sites (N-methyl/N-ethyl adjacent to an activating group) is 1. The fourth-order valence-electron chi connectivity index (χ4n) is 2.37. The van der Waals surface area contributed by atoms with Gasteiger partial charge in [0, 0.05) is 35.9 Å². The highest BCUT2D eigenvalue weighted by Crippen LogP contribution is 2.21. The normalized spacial score (nSPS) is 13.1. The molecular weight excluding hydrogens is 284 g/mol. The summed E-state index contributed by atoms with van der Waals surface area (Å²) in [4.78, 5) is 2.24. The number of hydrogen-bond donors (Lipinski definition) is 1. The Bertz CT molecular complexity index is 562. The minimum atomic E-state index is 0.160. The van der Waals surface area contributed by atoms with Crippen LogP contribution in [0.5, 0.6) is 0 Å². The van der Waals surface area contributed by atoms with Gasteiger partial charge in [-0.1, -0.05) is 23.7 Å². The van der Waals surface area contributed by atoms with Crippen LogP contribution in [0.25, 0.3) is 0 Å². The lowest BCUT2D eigenvalue weighted by molar-refractivity contribution is 0.241. The lowest BCUT2D eigenvalue weighted by Crippen LogP contribution is -2.30. The third kappa shape index (κ3) is 4.06. The van der Waals surface area contributed by atoms with Crippen molar-refractivity contribution in [1.29, 1.82) is 0 Å². The van der Waals surface area contributed by atoms with Crippen molar-refractivity contribution in [3.8, 4) is 0 Å². The highest BCUT2D eigenvalue weighted by molar-refractivity contribution is 6.30. The van der Waals surface area contributed by atoms with E-state index in [1.165, 1.54) is 5.56 Å². The van der Waals surface area contributed by atoms with Gasteiger partial charge < -0.3 is 5.73 Å². The van der Waals surface area contributed by atoms with E-state index in [0.717, 1.165) is 17.1 Å². The Labute approximate surface area is 131 Å². The summed E-state index contributed by atoms with van der Waals surface area (Å²) in [5, 5.41) is 5.16. The molecule has 1 aromatic carbocycles.